The van der Waals surface area contributed by atoms with Crippen LogP contribution in [0.2, 0.25) is 0 Å². The van der Waals surface area contributed by atoms with Crippen molar-refractivity contribution in [1.82, 2.24) is 9.80 Å². The first-order valence-electron chi connectivity index (χ1n) is 12.5. The number of amides is 2. The number of likely N-dealkylation sites (tertiary alicyclic amines) is 1. The molecule has 0 saturated carbocycles. The third-order valence-corrected chi connectivity index (χ3v) is 7.45. The first kappa shape index (κ1) is 30.2. The monoisotopic (exact) mass is 529 g/mol. The predicted molar refractivity (Wildman–Crippen MR) is 136 cm³/mol. The molecule has 0 radical (unpaired) electrons. The van der Waals surface area contributed by atoms with Gasteiger partial charge in [-0.15, -0.1) is 0 Å². The van der Waals surface area contributed by atoms with Gasteiger partial charge in [0.25, 0.3) is 0 Å². The van der Waals surface area contributed by atoms with Gasteiger partial charge in [0, 0.05) is 32.1 Å². The normalized spacial score (nSPS) is 16.2. The molecule has 1 aliphatic heterocycles. The molecule has 0 bridgehead atoms. The van der Waals surface area contributed by atoms with Gasteiger partial charge in [0.1, 0.15) is 6.04 Å². The summed E-state index contributed by atoms with van der Waals surface area (Å²) < 4.78 is 37.2. The molecule has 10 heteroatoms. The van der Waals surface area contributed by atoms with Crippen LogP contribution >= 0.6 is 11.8 Å². The molecule has 36 heavy (non-hydrogen) atoms. The Labute approximate surface area is 216 Å². The molecule has 0 aromatic heterocycles. The number of nitrogens with zero attached hydrogens (tertiary/aromatic N) is 2. The van der Waals surface area contributed by atoms with Crippen LogP contribution in [0.3, 0.4) is 0 Å². The molecule has 2 N–H and O–H groups in total. The van der Waals surface area contributed by atoms with Crippen molar-refractivity contribution in [2.24, 2.45) is 11.7 Å². The van der Waals surface area contributed by atoms with Gasteiger partial charge in [-0.2, -0.15) is 24.9 Å². The summed E-state index contributed by atoms with van der Waals surface area (Å²) in [6, 6.07) is 9.22. The van der Waals surface area contributed by atoms with Gasteiger partial charge in [-0.25, -0.2) is 0 Å². The zero-order valence-electron chi connectivity index (χ0n) is 21.1. The molecule has 1 aromatic carbocycles. The number of piperidine rings is 1. The third kappa shape index (κ3) is 10.1. The van der Waals surface area contributed by atoms with Crippen LogP contribution in [0, 0.1) is 5.92 Å². The van der Waals surface area contributed by atoms with Gasteiger partial charge < -0.3 is 10.6 Å². The van der Waals surface area contributed by atoms with Gasteiger partial charge in [0.2, 0.25) is 17.6 Å². The molecule has 2 amide bonds. The maximum Gasteiger partial charge on any atom is 0.450 e. The summed E-state index contributed by atoms with van der Waals surface area (Å²) in [5.74, 6) is -2.52. The van der Waals surface area contributed by atoms with Crippen LogP contribution in [-0.4, -0.2) is 70.3 Å². The molecule has 2 rings (SSSR count). The Bertz CT molecular complexity index is 844. The van der Waals surface area contributed by atoms with E-state index in [4.69, 9.17) is 5.73 Å². The second-order valence-electron chi connectivity index (χ2n) is 9.76. The van der Waals surface area contributed by atoms with Crippen LogP contribution in [0.5, 0.6) is 0 Å². The lowest BCUT2D eigenvalue weighted by atomic mass is 9.97. The highest BCUT2D eigenvalue weighted by Crippen LogP contribution is 2.25. The van der Waals surface area contributed by atoms with Crippen molar-refractivity contribution in [2.75, 3.05) is 24.6 Å². The Morgan fingerprint density at radius 1 is 1.11 bits per heavy atom. The van der Waals surface area contributed by atoms with E-state index in [1.54, 1.807) is 4.90 Å². The van der Waals surface area contributed by atoms with E-state index in [1.165, 1.54) is 5.56 Å². The fourth-order valence-corrected chi connectivity index (χ4v) is 5.28. The fourth-order valence-electron chi connectivity index (χ4n) is 4.41. The van der Waals surface area contributed by atoms with E-state index in [2.05, 4.69) is 17.0 Å². The Kier molecular flexibility index (Phi) is 12.2. The van der Waals surface area contributed by atoms with E-state index < -0.39 is 29.7 Å². The summed E-state index contributed by atoms with van der Waals surface area (Å²) in [5, 5.41) is 0. The highest BCUT2D eigenvalue weighted by molar-refractivity contribution is 7.99. The number of carbonyl (C=O) groups is 3. The largest absolute Gasteiger partial charge is 0.450 e. The molecule has 1 aliphatic rings. The van der Waals surface area contributed by atoms with Crippen molar-refractivity contribution in [3.05, 3.63) is 35.9 Å². The zero-order valence-corrected chi connectivity index (χ0v) is 22.0. The lowest BCUT2D eigenvalue weighted by Crippen LogP contribution is -2.55. The summed E-state index contributed by atoms with van der Waals surface area (Å²) in [4.78, 5) is 40.8. The fraction of sp³-hybridized carbons (Fsp3) is 0.654. The second-order valence-corrected chi connectivity index (χ2v) is 10.9. The zero-order chi connectivity index (χ0) is 26.7. The second kappa shape index (κ2) is 14.6. The Morgan fingerprint density at radius 2 is 1.75 bits per heavy atom. The van der Waals surface area contributed by atoms with Crippen molar-refractivity contribution >= 4 is 29.4 Å². The molecule has 0 spiro atoms. The summed E-state index contributed by atoms with van der Waals surface area (Å²) in [6.07, 6.45) is -1.73. The summed E-state index contributed by atoms with van der Waals surface area (Å²) in [7, 11) is 0. The number of hydrogen-bond donors (Lipinski definition) is 1. The summed E-state index contributed by atoms with van der Waals surface area (Å²) in [5.41, 5.74) is 6.95. The summed E-state index contributed by atoms with van der Waals surface area (Å²) in [6.45, 7) is 6.46. The highest BCUT2D eigenvalue weighted by Gasteiger charge is 2.38. The number of benzene rings is 1. The molecule has 1 heterocycles. The van der Waals surface area contributed by atoms with Gasteiger partial charge in [0.05, 0.1) is 5.75 Å². The van der Waals surface area contributed by atoms with E-state index in [1.807, 2.05) is 32.0 Å². The first-order chi connectivity index (χ1) is 17.0. The number of hydrogen-bond acceptors (Lipinski definition) is 5. The molecule has 1 saturated heterocycles. The third-order valence-electron chi connectivity index (χ3n) is 6.40. The van der Waals surface area contributed by atoms with Crippen molar-refractivity contribution in [1.29, 1.82) is 0 Å². The van der Waals surface area contributed by atoms with E-state index in [-0.39, 0.29) is 24.1 Å². The van der Waals surface area contributed by atoms with Crippen molar-refractivity contribution < 1.29 is 27.6 Å². The van der Waals surface area contributed by atoms with E-state index in [0.29, 0.717) is 25.2 Å². The number of carbonyl (C=O) groups excluding carboxylic acids is 3. The molecule has 1 atom stereocenters. The number of rotatable bonds is 14. The Balaban J connectivity index is 2.00. The van der Waals surface area contributed by atoms with Crippen LogP contribution in [0.25, 0.3) is 0 Å². The van der Waals surface area contributed by atoms with Crippen LogP contribution in [0.4, 0.5) is 13.2 Å². The molecule has 0 unspecified atom stereocenters. The number of ketones is 1. The molecule has 0 aliphatic carbocycles. The predicted octanol–water partition coefficient (Wildman–Crippen LogP) is 4.41. The minimum atomic E-state index is -4.84. The standard InChI is InChI=1S/C26H38F3N3O3S/c1-19(2)10-11-24(34)32(21-12-14-31(15-13-21)17-20-7-4-3-5-8-20)22(25(30)35)9-6-16-36-18-23(33)26(27,28)29/h3-5,7-8,19,21-22H,6,9-18H2,1-2H3,(H2,30,35)/t22-/m0/s1. The van der Waals surface area contributed by atoms with Crippen molar-refractivity contribution in [3.63, 3.8) is 0 Å². The van der Waals surface area contributed by atoms with Crippen LogP contribution in [-0.2, 0) is 20.9 Å². The molecule has 6 nitrogen and oxygen atoms in total. The Morgan fingerprint density at radius 3 is 2.31 bits per heavy atom. The van der Waals surface area contributed by atoms with Gasteiger partial charge in [0.15, 0.2) is 0 Å². The van der Waals surface area contributed by atoms with Crippen molar-refractivity contribution in [3.8, 4) is 0 Å². The Hall–Kier alpha value is -2.07. The molecule has 1 aromatic rings. The van der Waals surface area contributed by atoms with Crippen LogP contribution < -0.4 is 5.73 Å². The highest BCUT2D eigenvalue weighted by atomic mass is 32.2. The maximum atomic E-state index is 13.3. The first-order valence-corrected chi connectivity index (χ1v) is 13.7. The molecular formula is C26H38F3N3O3S. The van der Waals surface area contributed by atoms with Crippen molar-refractivity contribution in [2.45, 2.75) is 77.2 Å². The average Bonchev–Trinajstić information content (AvgIpc) is 2.82. The lowest BCUT2D eigenvalue weighted by Gasteiger charge is -2.42. The number of nitrogens with two attached hydrogens (primary N) is 1. The van der Waals surface area contributed by atoms with E-state index in [0.717, 1.165) is 44.2 Å². The number of primary amides is 1. The lowest BCUT2D eigenvalue weighted by molar-refractivity contribution is -0.167. The SMILES string of the molecule is CC(C)CCC(=O)N(C1CCN(Cc2ccccc2)CC1)[C@@H](CCCSCC(=O)C(F)(F)F)C(N)=O. The van der Waals surface area contributed by atoms with Gasteiger partial charge in [-0.05, 0) is 49.3 Å². The quantitative estimate of drug-likeness (QED) is 0.361. The molecule has 1 fully saturated rings. The molecule has 202 valence electrons. The smallest absolute Gasteiger partial charge is 0.368 e. The van der Waals surface area contributed by atoms with Gasteiger partial charge >= 0.3 is 6.18 Å². The number of thioether (sulfide) groups is 1. The number of Topliss-reactive ketones (excluding diaryl/α,β-unsaturated/α-hetero) is 1. The number of halogens is 3. The van der Waals surface area contributed by atoms with E-state index in [9.17, 15) is 27.6 Å². The van der Waals surface area contributed by atoms with Crippen LogP contribution in [0.1, 0.15) is 57.9 Å². The van der Waals surface area contributed by atoms with Gasteiger partial charge in [-0.1, -0.05) is 44.2 Å². The number of alkyl halides is 3. The minimum absolute atomic E-state index is 0.103. The summed E-state index contributed by atoms with van der Waals surface area (Å²) >= 11 is 0.881. The minimum Gasteiger partial charge on any atom is -0.368 e. The van der Waals surface area contributed by atoms with E-state index >= 15 is 0 Å². The maximum absolute atomic E-state index is 13.3. The van der Waals surface area contributed by atoms with Crippen LogP contribution in [0.15, 0.2) is 30.3 Å². The topological polar surface area (TPSA) is 83.7 Å². The van der Waals surface area contributed by atoms with Gasteiger partial charge in [-0.3, -0.25) is 19.3 Å². The average molecular weight is 530 g/mol. The molecular weight excluding hydrogens is 491 g/mol.